The number of carbonyl (C=O) groups is 1. The highest BCUT2D eigenvalue weighted by Gasteiger charge is 2.12. The highest BCUT2D eigenvalue weighted by atomic mass is 16.2. The quantitative estimate of drug-likeness (QED) is 0.476. The van der Waals surface area contributed by atoms with E-state index in [1.54, 1.807) is 23.5 Å². The van der Waals surface area contributed by atoms with Gasteiger partial charge in [0.1, 0.15) is 0 Å². The molecule has 4 rings (SSSR count). The Kier molecular flexibility index (Phi) is 5.41. The zero-order valence-corrected chi connectivity index (χ0v) is 17.8. The first-order valence-electron chi connectivity index (χ1n) is 9.88. The summed E-state index contributed by atoms with van der Waals surface area (Å²) < 4.78 is 1.78. The van der Waals surface area contributed by atoms with Crippen molar-refractivity contribution in [3.8, 4) is 11.3 Å². The minimum Gasteiger partial charge on any atom is -0.360 e. The molecule has 4 aromatic rings. The molecule has 2 aromatic heterocycles. The molecule has 31 heavy (non-hydrogen) atoms. The average molecular weight is 412 g/mol. The minimum absolute atomic E-state index is 0.0421. The standard InChI is InChI=1S/C24H24N6O/c1-16(2)25-19-11-13-20(14-12-19)26-24-27-22-10-6-9-21(30(22)28-24)17-7-5-8-18(15-17)23(31)29(3)4/h5-15,25H,1H2,2-4H3,(H,26,28). The van der Waals surface area contributed by atoms with Crippen LogP contribution in [0.5, 0.6) is 0 Å². The molecular weight excluding hydrogens is 388 g/mol. The van der Waals surface area contributed by atoms with Crippen molar-refractivity contribution in [2.45, 2.75) is 6.92 Å². The SMILES string of the molecule is C=C(C)Nc1ccc(Nc2nc3cccc(-c4cccc(C(=O)N(C)C)c4)n3n2)cc1. The molecule has 156 valence electrons. The van der Waals surface area contributed by atoms with Crippen molar-refractivity contribution in [1.29, 1.82) is 0 Å². The van der Waals surface area contributed by atoms with E-state index in [4.69, 9.17) is 0 Å². The zero-order chi connectivity index (χ0) is 22.0. The molecule has 0 unspecified atom stereocenters. The molecule has 7 nitrogen and oxygen atoms in total. The van der Waals surface area contributed by atoms with Gasteiger partial charge in [0, 0.05) is 42.3 Å². The lowest BCUT2D eigenvalue weighted by atomic mass is 10.1. The second-order valence-electron chi connectivity index (χ2n) is 7.50. The summed E-state index contributed by atoms with van der Waals surface area (Å²) in [6.45, 7) is 5.76. The topological polar surface area (TPSA) is 74.6 Å². The van der Waals surface area contributed by atoms with E-state index < -0.39 is 0 Å². The van der Waals surface area contributed by atoms with E-state index in [1.165, 1.54) is 0 Å². The Morgan fingerprint density at radius 3 is 2.42 bits per heavy atom. The molecule has 0 radical (unpaired) electrons. The Labute approximate surface area is 181 Å². The lowest BCUT2D eigenvalue weighted by molar-refractivity contribution is 0.0827. The molecule has 0 aliphatic rings. The van der Waals surface area contributed by atoms with Crippen molar-refractivity contribution in [3.05, 3.63) is 84.6 Å². The van der Waals surface area contributed by atoms with E-state index in [0.29, 0.717) is 17.2 Å². The number of amides is 1. The number of aromatic nitrogens is 3. The van der Waals surface area contributed by atoms with Crippen LogP contribution in [-0.4, -0.2) is 39.5 Å². The Morgan fingerprint density at radius 2 is 1.71 bits per heavy atom. The first-order valence-corrected chi connectivity index (χ1v) is 9.88. The van der Waals surface area contributed by atoms with Crippen LogP contribution in [0.3, 0.4) is 0 Å². The Hall–Kier alpha value is -4.13. The van der Waals surface area contributed by atoms with Crippen molar-refractivity contribution in [3.63, 3.8) is 0 Å². The van der Waals surface area contributed by atoms with Gasteiger partial charge in [-0.05, 0) is 55.5 Å². The average Bonchev–Trinajstić information content (AvgIpc) is 3.16. The van der Waals surface area contributed by atoms with Gasteiger partial charge in [0.25, 0.3) is 5.91 Å². The van der Waals surface area contributed by atoms with E-state index in [0.717, 1.165) is 28.3 Å². The summed E-state index contributed by atoms with van der Waals surface area (Å²) >= 11 is 0. The number of fused-ring (bicyclic) bond motifs is 1. The van der Waals surface area contributed by atoms with Crippen molar-refractivity contribution < 1.29 is 4.79 Å². The van der Waals surface area contributed by atoms with Crippen LogP contribution in [0.25, 0.3) is 16.9 Å². The van der Waals surface area contributed by atoms with Crippen LogP contribution in [0.15, 0.2) is 79.0 Å². The van der Waals surface area contributed by atoms with E-state index >= 15 is 0 Å². The van der Waals surface area contributed by atoms with Crippen LogP contribution in [0.1, 0.15) is 17.3 Å². The number of carbonyl (C=O) groups excluding carboxylic acids is 1. The van der Waals surface area contributed by atoms with Crippen molar-refractivity contribution >= 4 is 28.9 Å². The first-order chi connectivity index (χ1) is 14.9. The molecule has 1 amide bonds. The molecule has 0 atom stereocenters. The second-order valence-corrected chi connectivity index (χ2v) is 7.50. The number of allylic oxidation sites excluding steroid dienone is 1. The first kappa shape index (κ1) is 20.2. The van der Waals surface area contributed by atoms with Gasteiger partial charge in [0.15, 0.2) is 5.65 Å². The predicted molar refractivity (Wildman–Crippen MR) is 125 cm³/mol. The smallest absolute Gasteiger partial charge is 0.253 e. The number of nitrogens with zero attached hydrogens (tertiary/aromatic N) is 4. The molecule has 0 saturated heterocycles. The molecule has 0 saturated carbocycles. The minimum atomic E-state index is -0.0421. The van der Waals surface area contributed by atoms with Crippen LogP contribution in [-0.2, 0) is 0 Å². The van der Waals surface area contributed by atoms with Crippen LogP contribution in [0, 0.1) is 0 Å². The summed E-state index contributed by atoms with van der Waals surface area (Å²) in [7, 11) is 3.48. The van der Waals surface area contributed by atoms with E-state index in [1.807, 2.05) is 73.7 Å². The van der Waals surface area contributed by atoms with Crippen LogP contribution in [0.2, 0.25) is 0 Å². The van der Waals surface area contributed by atoms with Gasteiger partial charge in [-0.15, -0.1) is 5.10 Å². The van der Waals surface area contributed by atoms with Gasteiger partial charge in [0.05, 0.1) is 5.69 Å². The largest absolute Gasteiger partial charge is 0.360 e. The van der Waals surface area contributed by atoms with Gasteiger partial charge >= 0.3 is 0 Å². The predicted octanol–water partition coefficient (Wildman–Crippen LogP) is 4.79. The Balaban J connectivity index is 1.64. The van der Waals surface area contributed by atoms with Crippen molar-refractivity contribution in [1.82, 2.24) is 19.5 Å². The van der Waals surface area contributed by atoms with Gasteiger partial charge in [-0.2, -0.15) is 4.98 Å². The summed E-state index contributed by atoms with van der Waals surface area (Å²) in [5, 5.41) is 11.1. The number of pyridine rings is 1. The van der Waals surface area contributed by atoms with Crippen LogP contribution >= 0.6 is 0 Å². The van der Waals surface area contributed by atoms with Crippen molar-refractivity contribution in [2.75, 3.05) is 24.7 Å². The summed E-state index contributed by atoms with van der Waals surface area (Å²) in [5.41, 5.74) is 5.81. The summed E-state index contributed by atoms with van der Waals surface area (Å²) in [4.78, 5) is 18.5. The number of anilines is 3. The maximum Gasteiger partial charge on any atom is 0.253 e. The molecular formula is C24H24N6O. The third kappa shape index (κ3) is 4.40. The summed E-state index contributed by atoms with van der Waals surface area (Å²) in [6.07, 6.45) is 0. The van der Waals surface area contributed by atoms with E-state index in [2.05, 4.69) is 27.3 Å². The number of rotatable bonds is 6. The highest BCUT2D eigenvalue weighted by Crippen LogP contribution is 2.24. The fraction of sp³-hybridized carbons (Fsp3) is 0.125. The highest BCUT2D eigenvalue weighted by molar-refractivity contribution is 5.95. The molecule has 0 aliphatic carbocycles. The maximum absolute atomic E-state index is 12.4. The van der Waals surface area contributed by atoms with Gasteiger partial charge in [-0.1, -0.05) is 24.8 Å². The second kappa shape index (κ2) is 8.31. The van der Waals surface area contributed by atoms with E-state index in [9.17, 15) is 4.79 Å². The lowest BCUT2D eigenvalue weighted by Crippen LogP contribution is -2.21. The van der Waals surface area contributed by atoms with E-state index in [-0.39, 0.29) is 5.91 Å². The molecule has 0 aliphatic heterocycles. The van der Waals surface area contributed by atoms with Gasteiger partial charge in [-0.3, -0.25) is 4.79 Å². The van der Waals surface area contributed by atoms with Gasteiger partial charge in [-0.25, -0.2) is 4.52 Å². The molecule has 2 aromatic carbocycles. The monoisotopic (exact) mass is 412 g/mol. The molecule has 2 heterocycles. The third-order valence-electron chi connectivity index (χ3n) is 4.67. The lowest BCUT2D eigenvalue weighted by Gasteiger charge is -2.11. The fourth-order valence-corrected chi connectivity index (χ4v) is 3.26. The van der Waals surface area contributed by atoms with Gasteiger partial charge in [0.2, 0.25) is 5.95 Å². The van der Waals surface area contributed by atoms with Crippen LogP contribution in [0.4, 0.5) is 17.3 Å². The third-order valence-corrected chi connectivity index (χ3v) is 4.67. The molecule has 0 fully saturated rings. The molecule has 7 heteroatoms. The number of benzene rings is 2. The summed E-state index contributed by atoms with van der Waals surface area (Å²) in [6, 6.07) is 21.1. The molecule has 0 spiro atoms. The Bertz CT molecular complexity index is 1260. The molecule has 2 N–H and O–H groups in total. The Morgan fingerprint density at radius 1 is 1.00 bits per heavy atom. The molecule has 0 bridgehead atoms. The maximum atomic E-state index is 12.4. The number of hydrogen-bond donors (Lipinski definition) is 2. The van der Waals surface area contributed by atoms with Crippen molar-refractivity contribution in [2.24, 2.45) is 0 Å². The summed E-state index contributed by atoms with van der Waals surface area (Å²) in [5.74, 6) is 0.452. The normalized spacial score (nSPS) is 10.7. The van der Waals surface area contributed by atoms with Gasteiger partial charge < -0.3 is 15.5 Å². The zero-order valence-electron chi connectivity index (χ0n) is 17.8. The van der Waals surface area contributed by atoms with Crippen LogP contribution < -0.4 is 10.6 Å². The number of hydrogen-bond acceptors (Lipinski definition) is 5. The fourth-order valence-electron chi connectivity index (χ4n) is 3.26. The number of nitrogens with one attached hydrogen (secondary N) is 2.